The maximum absolute atomic E-state index is 14.1. The van der Waals surface area contributed by atoms with Gasteiger partial charge in [0.15, 0.2) is 11.6 Å². The molecular weight excluding hydrogens is 543 g/mol. The lowest BCUT2D eigenvalue weighted by Crippen LogP contribution is -2.70. The van der Waals surface area contributed by atoms with Crippen molar-refractivity contribution in [2.45, 2.75) is 26.7 Å². The summed E-state index contributed by atoms with van der Waals surface area (Å²) in [4.78, 5) is 34.1. The molecule has 0 spiro atoms. The van der Waals surface area contributed by atoms with Crippen molar-refractivity contribution >= 4 is 62.7 Å². The number of carbonyl (C=O) groups is 3. The van der Waals surface area contributed by atoms with Crippen LogP contribution in [-0.2, 0) is 24.2 Å². The number of thioether (sulfide) groups is 2. The summed E-state index contributed by atoms with van der Waals surface area (Å²) < 4.78 is 88.4. The SMILES string of the molecule is O=C(CSc1ccc(S(=O)(=O)C(F)(F)F)c(F)c1F)N[C@@H]1C(=O)N2C(C(=O)O)=C(Cl)CS[C@H]12. The van der Waals surface area contributed by atoms with Crippen molar-refractivity contribution in [3.63, 3.8) is 0 Å². The molecule has 1 aromatic rings. The zero-order chi connectivity index (χ0) is 24.9. The maximum Gasteiger partial charge on any atom is 0.502 e. The number of nitrogens with zero attached hydrogens (tertiary/aromatic N) is 1. The van der Waals surface area contributed by atoms with Crippen LogP contribution in [0.15, 0.2) is 32.7 Å². The van der Waals surface area contributed by atoms with Crippen molar-refractivity contribution in [1.82, 2.24) is 10.2 Å². The van der Waals surface area contributed by atoms with Crippen LogP contribution in [0.5, 0.6) is 0 Å². The first-order valence-electron chi connectivity index (χ1n) is 8.46. The number of fused-ring (bicyclic) bond motifs is 1. The highest BCUT2D eigenvalue weighted by atomic mass is 35.5. The Morgan fingerprint density at radius 3 is 2.48 bits per heavy atom. The number of aliphatic carboxylic acids is 1. The molecule has 33 heavy (non-hydrogen) atoms. The predicted octanol–water partition coefficient (Wildman–Crippen LogP) is 2.29. The van der Waals surface area contributed by atoms with E-state index in [0.29, 0.717) is 17.8 Å². The summed E-state index contributed by atoms with van der Waals surface area (Å²) in [7, 11) is -6.12. The van der Waals surface area contributed by atoms with Gasteiger partial charge in [0.1, 0.15) is 22.0 Å². The number of nitrogens with one attached hydrogen (secondary N) is 1. The highest BCUT2D eigenvalue weighted by Gasteiger charge is 2.54. The van der Waals surface area contributed by atoms with E-state index < -0.39 is 77.4 Å². The molecular formula is C16H10ClF5N2O6S3. The molecule has 0 saturated carbocycles. The number of rotatable bonds is 6. The Morgan fingerprint density at radius 2 is 1.91 bits per heavy atom. The number of carbonyl (C=O) groups excluding carboxylic acids is 2. The molecule has 0 unspecified atom stereocenters. The molecule has 2 atom stereocenters. The molecule has 0 aromatic heterocycles. The number of sulfone groups is 1. The van der Waals surface area contributed by atoms with Crippen molar-refractivity contribution in [2.24, 2.45) is 0 Å². The minimum Gasteiger partial charge on any atom is -0.477 e. The zero-order valence-corrected chi connectivity index (χ0v) is 18.9. The van der Waals surface area contributed by atoms with Gasteiger partial charge in [-0.05, 0) is 12.1 Å². The lowest BCUT2D eigenvalue weighted by molar-refractivity contribution is -0.150. The van der Waals surface area contributed by atoms with Crippen LogP contribution < -0.4 is 5.32 Å². The Labute approximate surface area is 195 Å². The maximum atomic E-state index is 14.1. The number of carboxylic acid groups (broad SMARTS) is 1. The molecule has 2 N–H and O–H groups in total. The van der Waals surface area contributed by atoms with Gasteiger partial charge in [0.2, 0.25) is 5.91 Å². The van der Waals surface area contributed by atoms with Gasteiger partial charge in [0.05, 0.1) is 10.8 Å². The summed E-state index contributed by atoms with van der Waals surface area (Å²) in [6, 6.07) is -0.298. The highest BCUT2D eigenvalue weighted by molar-refractivity contribution is 8.00. The van der Waals surface area contributed by atoms with Gasteiger partial charge in [-0.1, -0.05) is 11.6 Å². The number of halogens is 6. The third-order valence-corrected chi connectivity index (χ3v) is 8.69. The van der Waals surface area contributed by atoms with E-state index in [0.717, 1.165) is 16.7 Å². The van der Waals surface area contributed by atoms with Crippen LogP contribution >= 0.6 is 35.1 Å². The van der Waals surface area contributed by atoms with Crippen LogP contribution in [0.1, 0.15) is 0 Å². The van der Waals surface area contributed by atoms with Crippen LogP contribution in [-0.4, -0.2) is 64.6 Å². The summed E-state index contributed by atoms with van der Waals surface area (Å²) >= 11 is 7.27. The number of benzene rings is 1. The third-order valence-electron chi connectivity index (χ3n) is 4.41. The number of β-lactam (4-membered cyclic amide) rings is 1. The van der Waals surface area contributed by atoms with E-state index in [4.69, 9.17) is 11.6 Å². The average molecular weight is 553 g/mol. The molecule has 2 heterocycles. The number of hydrogen-bond acceptors (Lipinski definition) is 7. The summed E-state index contributed by atoms with van der Waals surface area (Å²) in [6.07, 6.45) is 0. The van der Waals surface area contributed by atoms with Gasteiger partial charge in [-0.15, -0.1) is 23.5 Å². The lowest BCUT2D eigenvalue weighted by atomic mass is 10.1. The average Bonchev–Trinajstić information content (AvgIpc) is 2.71. The van der Waals surface area contributed by atoms with Gasteiger partial charge in [0.25, 0.3) is 15.7 Å². The third kappa shape index (κ3) is 4.52. The van der Waals surface area contributed by atoms with Crippen LogP contribution in [0.25, 0.3) is 0 Å². The fraction of sp³-hybridized carbons (Fsp3) is 0.312. The van der Waals surface area contributed by atoms with Gasteiger partial charge in [0, 0.05) is 10.6 Å². The molecule has 1 saturated heterocycles. The molecule has 2 amide bonds. The second-order valence-corrected chi connectivity index (χ2v) is 10.9. The van der Waals surface area contributed by atoms with E-state index in [2.05, 4.69) is 5.32 Å². The second-order valence-electron chi connectivity index (χ2n) is 6.44. The van der Waals surface area contributed by atoms with E-state index in [-0.39, 0.29) is 16.9 Å². The van der Waals surface area contributed by atoms with E-state index in [1.807, 2.05) is 0 Å². The first-order chi connectivity index (χ1) is 15.2. The molecule has 17 heteroatoms. The number of carboxylic acids is 1. The van der Waals surface area contributed by atoms with Gasteiger partial charge in [-0.2, -0.15) is 13.2 Å². The monoisotopic (exact) mass is 552 g/mol. The fourth-order valence-electron chi connectivity index (χ4n) is 2.90. The molecule has 2 aliphatic heterocycles. The van der Waals surface area contributed by atoms with Crippen LogP contribution in [0.3, 0.4) is 0 Å². The van der Waals surface area contributed by atoms with Crippen molar-refractivity contribution in [1.29, 1.82) is 0 Å². The Hall–Kier alpha value is -2.04. The van der Waals surface area contributed by atoms with Crippen LogP contribution in [0.2, 0.25) is 0 Å². The quantitative estimate of drug-likeness (QED) is 0.313. The first-order valence-corrected chi connectivity index (χ1v) is 12.4. The van der Waals surface area contributed by atoms with Crippen LogP contribution in [0, 0.1) is 11.6 Å². The van der Waals surface area contributed by atoms with Crippen molar-refractivity contribution in [3.8, 4) is 0 Å². The normalized spacial score (nSPS) is 20.9. The van der Waals surface area contributed by atoms with E-state index in [9.17, 15) is 49.9 Å². The smallest absolute Gasteiger partial charge is 0.477 e. The number of alkyl halides is 3. The fourth-order valence-corrected chi connectivity index (χ4v) is 6.02. The van der Waals surface area contributed by atoms with Gasteiger partial charge >= 0.3 is 11.5 Å². The zero-order valence-electron chi connectivity index (χ0n) is 15.7. The molecule has 1 aromatic carbocycles. The second kappa shape index (κ2) is 8.96. The molecule has 0 bridgehead atoms. The van der Waals surface area contributed by atoms with E-state index in [1.165, 1.54) is 0 Å². The summed E-state index contributed by atoms with van der Waals surface area (Å²) in [6.45, 7) is 0. The first kappa shape index (κ1) is 25.6. The lowest BCUT2D eigenvalue weighted by Gasteiger charge is -2.48. The molecule has 0 aliphatic carbocycles. The molecule has 8 nitrogen and oxygen atoms in total. The minimum atomic E-state index is -6.12. The number of hydrogen-bond donors (Lipinski definition) is 2. The number of amides is 2. The van der Waals surface area contributed by atoms with Crippen molar-refractivity contribution in [3.05, 3.63) is 34.5 Å². The van der Waals surface area contributed by atoms with Crippen LogP contribution in [0.4, 0.5) is 22.0 Å². The minimum absolute atomic E-state index is 0.0501. The predicted molar refractivity (Wildman–Crippen MR) is 106 cm³/mol. The van der Waals surface area contributed by atoms with Gasteiger partial charge in [-0.25, -0.2) is 22.0 Å². The summed E-state index contributed by atoms with van der Waals surface area (Å²) in [5.74, 6) is -7.68. The Morgan fingerprint density at radius 1 is 1.27 bits per heavy atom. The standard InChI is InChI=1S/C16H10ClF5N2O6S3/c17-5-3-32-14-11(13(26)24(14)12(5)15(27)28)23-8(25)4-31-6-1-2-7(10(19)9(6)18)33(29,30)16(20,21)22/h1-2,11,14H,3-4H2,(H,23,25)(H,27,28)/t11-,14-/m1/s1. The van der Waals surface area contributed by atoms with Gasteiger partial charge < -0.3 is 10.4 Å². The van der Waals surface area contributed by atoms with Crippen molar-refractivity contribution in [2.75, 3.05) is 11.5 Å². The van der Waals surface area contributed by atoms with Gasteiger partial charge in [-0.3, -0.25) is 14.5 Å². The molecule has 0 radical (unpaired) electrons. The van der Waals surface area contributed by atoms with E-state index in [1.54, 1.807) is 0 Å². The molecule has 2 aliphatic rings. The molecule has 180 valence electrons. The Kier molecular flexibility index (Phi) is 6.94. The Bertz CT molecular complexity index is 1190. The summed E-state index contributed by atoms with van der Waals surface area (Å²) in [5.41, 5.74) is -6.24. The van der Waals surface area contributed by atoms with Crippen molar-refractivity contribution < 1.29 is 49.9 Å². The largest absolute Gasteiger partial charge is 0.502 e. The Balaban J connectivity index is 1.66. The topological polar surface area (TPSA) is 121 Å². The highest BCUT2D eigenvalue weighted by Crippen LogP contribution is 2.41. The summed E-state index contributed by atoms with van der Waals surface area (Å²) in [5, 5.41) is 10.7. The molecule has 3 rings (SSSR count). The molecule has 1 fully saturated rings. The van der Waals surface area contributed by atoms with E-state index >= 15 is 0 Å².